The van der Waals surface area contributed by atoms with Gasteiger partial charge >= 0.3 is 11.9 Å². The first-order valence-electron chi connectivity index (χ1n) is 9.07. The average Bonchev–Trinajstić information content (AvgIpc) is 3.16. The molecule has 0 amide bonds. The van der Waals surface area contributed by atoms with Gasteiger partial charge in [-0.15, -0.1) is 0 Å². The maximum absolute atomic E-state index is 13.1. The van der Waals surface area contributed by atoms with Crippen LogP contribution in [0.1, 0.15) is 51.9 Å². The summed E-state index contributed by atoms with van der Waals surface area (Å²) in [5.41, 5.74) is -1.45. The molecule has 1 heterocycles. The Kier molecular flexibility index (Phi) is 9.18. The van der Waals surface area contributed by atoms with Crippen molar-refractivity contribution in [3.05, 3.63) is 12.2 Å². The number of aliphatic hydroxyl groups excluding tert-OH is 1. The fraction of sp³-hybridized carbons (Fsp3) is 0.684. The zero-order chi connectivity index (χ0) is 20.5. The van der Waals surface area contributed by atoms with Crippen LogP contribution < -0.4 is 0 Å². The average molecular weight is 400 g/mol. The Morgan fingerprint density at radius 3 is 2.44 bits per heavy atom. The lowest BCUT2D eigenvalue weighted by atomic mass is 9.74. The maximum atomic E-state index is 13.1. The zero-order valence-corrected chi connectivity index (χ0v) is 17.0. The van der Waals surface area contributed by atoms with Gasteiger partial charge in [0.15, 0.2) is 17.4 Å². The van der Waals surface area contributed by atoms with Crippen molar-refractivity contribution in [3.63, 3.8) is 0 Å². The number of carbonyl (C=O) groups excluding carboxylic acids is 3. The second-order valence-electron chi connectivity index (χ2n) is 6.67. The van der Waals surface area contributed by atoms with Gasteiger partial charge in [0.2, 0.25) is 0 Å². The molecule has 1 aliphatic rings. The molecule has 0 bridgehead atoms. The molecule has 0 spiro atoms. The molecule has 0 radical (unpaired) electrons. The standard InChI is InChI=1S/C19H29NO6S/c1-4-5-6-7-9-18(27,13-16(23)25-2)19(10-8-11-20-19)15(22)12-14(21)17(24)26-3/h8,10-11,14,21,27H,4-7,9,12-13H2,1-3H3. The van der Waals surface area contributed by atoms with Gasteiger partial charge in [0.05, 0.1) is 25.4 Å². The van der Waals surface area contributed by atoms with Crippen LogP contribution in [-0.2, 0) is 23.9 Å². The number of carbonyl (C=O) groups is 3. The summed E-state index contributed by atoms with van der Waals surface area (Å²) in [7, 11) is 2.41. The normalized spacial score (nSPS) is 21.5. The van der Waals surface area contributed by atoms with E-state index in [1.165, 1.54) is 13.3 Å². The molecule has 152 valence electrons. The van der Waals surface area contributed by atoms with Crippen molar-refractivity contribution in [2.75, 3.05) is 14.2 Å². The number of ketones is 1. The van der Waals surface area contributed by atoms with E-state index in [1.807, 2.05) is 0 Å². The second kappa shape index (κ2) is 10.6. The van der Waals surface area contributed by atoms with Crippen molar-refractivity contribution in [1.29, 1.82) is 0 Å². The molecule has 0 aromatic rings. The first kappa shape index (κ1) is 23.4. The van der Waals surface area contributed by atoms with Crippen LogP contribution in [0.15, 0.2) is 17.1 Å². The van der Waals surface area contributed by atoms with Gasteiger partial charge in [0.25, 0.3) is 0 Å². The third-order valence-corrected chi connectivity index (χ3v) is 5.52. The van der Waals surface area contributed by atoms with Crippen LogP contribution in [0.5, 0.6) is 0 Å². The number of nitrogens with zero attached hydrogens (tertiary/aromatic N) is 1. The topological polar surface area (TPSA) is 102 Å². The predicted octanol–water partition coefficient (Wildman–Crippen LogP) is 2.06. The molecule has 1 aliphatic heterocycles. The highest BCUT2D eigenvalue weighted by molar-refractivity contribution is 7.82. The Morgan fingerprint density at radius 1 is 1.22 bits per heavy atom. The SMILES string of the molecule is CCCCCCC(S)(CC(=O)OC)C1(C(=O)CC(O)C(=O)OC)C=CC=N1. The number of Topliss-reactive ketones (excluding diaryl/α,β-unsaturated/α-hetero) is 1. The molecular formula is C19H29NO6S. The number of hydrogen-bond donors (Lipinski definition) is 2. The van der Waals surface area contributed by atoms with E-state index in [0.717, 1.165) is 32.8 Å². The molecule has 0 aromatic heterocycles. The molecule has 1 N–H and O–H groups in total. The number of methoxy groups -OCH3 is 2. The Bertz CT molecular complexity index is 591. The van der Waals surface area contributed by atoms with Gasteiger partial charge in [-0.1, -0.05) is 32.6 Å². The van der Waals surface area contributed by atoms with E-state index in [4.69, 9.17) is 17.4 Å². The predicted molar refractivity (Wildman–Crippen MR) is 105 cm³/mol. The van der Waals surface area contributed by atoms with Crippen LogP contribution in [0.2, 0.25) is 0 Å². The van der Waals surface area contributed by atoms with Gasteiger partial charge in [-0.05, 0) is 18.6 Å². The van der Waals surface area contributed by atoms with Crippen LogP contribution in [0, 0.1) is 0 Å². The first-order chi connectivity index (χ1) is 12.8. The smallest absolute Gasteiger partial charge is 0.335 e. The van der Waals surface area contributed by atoms with Gasteiger partial charge in [-0.3, -0.25) is 14.6 Å². The van der Waals surface area contributed by atoms with Crippen molar-refractivity contribution in [3.8, 4) is 0 Å². The van der Waals surface area contributed by atoms with Crippen LogP contribution in [0.4, 0.5) is 0 Å². The van der Waals surface area contributed by atoms with Gasteiger partial charge in [-0.2, -0.15) is 12.6 Å². The molecule has 0 aromatic carbocycles. The van der Waals surface area contributed by atoms with Gasteiger partial charge in [-0.25, -0.2) is 4.79 Å². The Balaban J connectivity index is 3.15. The molecule has 0 fully saturated rings. The number of aliphatic imine (C=N–C) groups is 1. The van der Waals surface area contributed by atoms with E-state index in [1.54, 1.807) is 12.2 Å². The van der Waals surface area contributed by atoms with Crippen LogP contribution in [0.25, 0.3) is 0 Å². The van der Waals surface area contributed by atoms with Crippen LogP contribution in [0.3, 0.4) is 0 Å². The Labute approximate surface area is 165 Å². The maximum Gasteiger partial charge on any atom is 0.335 e. The van der Waals surface area contributed by atoms with Gasteiger partial charge in [0.1, 0.15) is 0 Å². The lowest BCUT2D eigenvalue weighted by molar-refractivity contribution is -0.153. The van der Waals surface area contributed by atoms with E-state index < -0.39 is 40.5 Å². The molecule has 0 saturated heterocycles. The Morgan fingerprint density at radius 2 is 1.93 bits per heavy atom. The van der Waals surface area contributed by atoms with Crippen molar-refractivity contribution in [1.82, 2.24) is 0 Å². The van der Waals surface area contributed by atoms with Crippen LogP contribution >= 0.6 is 12.6 Å². The molecule has 3 atom stereocenters. The van der Waals surface area contributed by atoms with Crippen LogP contribution in [-0.4, -0.2) is 59.7 Å². The van der Waals surface area contributed by atoms with Gasteiger partial charge in [0, 0.05) is 12.6 Å². The monoisotopic (exact) mass is 399 g/mol. The van der Waals surface area contributed by atoms with Gasteiger partial charge < -0.3 is 14.6 Å². The number of esters is 2. The number of thiol groups is 1. The summed E-state index contributed by atoms with van der Waals surface area (Å²) in [6.45, 7) is 2.09. The summed E-state index contributed by atoms with van der Waals surface area (Å²) in [4.78, 5) is 40.9. The van der Waals surface area contributed by atoms with Crippen molar-refractivity contribution >= 4 is 36.6 Å². The molecule has 8 heteroatoms. The van der Waals surface area contributed by atoms with E-state index in [0.29, 0.717) is 6.42 Å². The summed E-state index contributed by atoms with van der Waals surface area (Å²) >= 11 is 4.75. The molecule has 7 nitrogen and oxygen atoms in total. The third-order valence-electron chi connectivity index (χ3n) is 4.80. The number of allylic oxidation sites excluding steroid dienone is 1. The number of hydrogen-bond acceptors (Lipinski definition) is 8. The van der Waals surface area contributed by atoms with Crippen molar-refractivity contribution < 1.29 is 29.0 Å². The molecular weight excluding hydrogens is 370 g/mol. The number of aliphatic hydroxyl groups is 1. The van der Waals surface area contributed by atoms with Crippen molar-refractivity contribution in [2.24, 2.45) is 4.99 Å². The quantitative estimate of drug-likeness (QED) is 0.296. The lowest BCUT2D eigenvalue weighted by Crippen LogP contribution is -2.55. The summed E-state index contributed by atoms with van der Waals surface area (Å²) in [5.74, 6) is -1.90. The summed E-state index contributed by atoms with van der Waals surface area (Å²) in [5, 5.41) is 9.91. The minimum atomic E-state index is -1.60. The number of unbranched alkanes of at least 4 members (excludes halogenated alkanes) is 3. The summed E-state index contributed by atoms with van der Waals surface area (Å²) < 4.78 is 8.14. The highest BCUT2D eigenvalue weighted by atomic mass is 32.1. The van der Waals surface area contributed by atoms with E-state index >= 15 is 0 Å². The number of ether oxygens (including phenoxy) is 2. The molecule has 3 unspecified atom stereocenters. The minimum Gasteiger partial charge on any atom is -0.469 e. The lowest BCUT2D eigenvalue weighted by Gasteiger charge is -2.41. The molecule has 1 rings (SSSR count). The summed E-state index contributed by atoms with van der Waals surface area (Å²) in [6.07, 6.45) is 6.67. The highest BCUT2D eigenvalue weighted by Crippen LogP contribution is 2.44. The third kappa shape index (κ3) is 5.65. The highest BCUT2D eigenvalue weighted by Gasteiger charge is 2.54. The largest absolute Gasteiger partial charge is 0.469 e. The second-order valence-corrected chi connectivity index (χ2v) is 7.52. The fourth-order valence-corrected chi connectivity index (χ4v) is 3.75. The van der Waals surface area contributed by atoms with E-state index in [9.17, 15) is 19.5 Å². The van der Waals surface area contributed by atoms with E-state index in [-0.39, 0.29) is 6.42 Å². The Hall–Kier alpha value is -1.67. The molecule has 27 heavy (non-hydrogen) atoms. The molecule has 0 aliphatic carbocycles. The zero-order valence-electron chi connectivity index (χ0n) is 16.1. The van der Waals surface area contributed by atoms with Crippen molar-refractivity contribution in [2.45, 2.75) is 68.3 Å². The molecule has 0 saturated carbocycles. The van der Waals surface area contributed by atoms with E-state index in [2.05, 4.69) is 16.7 Å². The number of rotatable bonds is 12. The minimum absolute atomic E-state index is 0.125. The fourth-order valence-electron chi connectivity index (χ4n) is 3.21. The first-order valence-corrected chi connectivity index (χ1v) is 9.52. The summed E-state index contributed by atoms with van der Waals surface area (Å²) in [6, 6.07) is 0.